The van der Waals surface area contributed by atoms with Crippen molar-refractivity contribution in [1.82, 2.24) is 5.32 Å². The van der Waals surface area contributed by atoms with Crippen molar-refractivity contribution in [3.8, 4) is 0 Å². The van der Waals surface area contributed by atoms with Crippen LogP contribution in [-0.2, 0) is 12.4 Å². The number of rotatable bonds is 3. The average molecular weight is 287 g/mol. The molecule has 2 nitrogen and oxygen atoms in total. The molecule has 0 fully saturated rings. The molecule has 19 heavy (non-hydrogen) atoms. The van der Waals surface area contributed by atoms with Crippen molar-refractivity contribution in [2.24, 2.45) is 0 Å². The maximum atomic E-state index is 12.5. The van der Waals surface area contributed by atoms with Gasteiger partial charge in [0.05, 0.1) is 17.2 Å². The van der Waals surface area contributed by atoms with Gasteiger partial charge in [-0.15, -0.1) is 0 Å². The fourth-order valence-electron chi connectivity index (χ4n) is 1.48. The van der Waals surface area contributed by atoms with Gasteiger partial charge < -0.3 is 10.4 Å². The molecule has 1 rings (SSSR count). The lowest BCUT2D eigenvalue weighted by molar-refractivity contribution is -0.143. The molecule has 0 saturated heterocycles. The topological polar surface area (TPSA) is 32.3 Å². The summed E-state index contributed by atoms with van der Waals surface area (Å²) in [5.41, 5.74) is -3.31. The van der Waals surface area contributed by atoms with E-state index in [2.05, 4.69) is 5.32 Å². The molecule has 1 aromatic carbocycles. The zero-order chi connectivity index (χ0) is 14.8. The van der Waals surface area contributed by atoms with Crippen LogP contribution < -0.4 is 5.32 Å². The fraction of sp³-hybridized carbons (Fsp3) is 0.455. The molecule has 0 radical (unpaired) electrons. The standard InChI is InChI=1S/C11H11F6NO/c1-18-5-9(19)6-2-7(10(12,13)14)4-8(3-6)11(15,16)17/h2-4,9,18-19H,5H2,1H3. The minimum absolute atomic E-state index is 0.0234. The molecule has 0 aliphatic heterocycles. The van der Waals surface area contributed by atoms with Gasteiger partial charge >= 0.3 is 12.4 Å². The highest BCUT2D eigenvalue weighted by Crippen LogP contribution is 2.37. The second-order valence-corrected chi connectivity index (χ2v) is 3.91. The maximum Gasteiger partial charge on any atom is 0.416 e. The lowest BCUT2D eigenvalue weighted by Gasteiger charge is -2.17. The van der Waals surface area contributed by atoms with Gasteiger partial charge in [-0.25, -0.2) is 0 Å². The molecule has 1 unspecified atom stereocenters. The molecule has 1 atom stereocenters. The zero-order valence-electron chi connectivity index (χ0n) is 9.73. The Morgan fingerprint density at radius 2 is 1.42 bits per heavy atom. The second kappa shape index (κ2) is 5.38. The van der Waals surface area contributed by atoms with E-state index in [0.717, 1.165) is 0 Å². The summed E-state index contributed by atoms with van der Waals surface area (Å²) in [6.45, 7) is -0.154. The van der Waals surface area contributed by atoms with E-state index in [1.165, 1.54) is 7.05 Å². The van der Waals surface area contributed by atoms with Crippen molar-refractivity contribution < 1.29 is 31.4 Å². The summed E-state index contributed by atoms with van der Waals surface area (Å²) in [6, 6.07) is 1.05. The Hall–Kier alpha value is -1.28. The number of aliphatic hydroxyl groups is 1. The Labute approximate surface area is 105 Å². The van der Waals surface area contributed by atoms with Gasteiger partial charge in [-0.2, -0.15) is 26.3 Å². The number of nitrogens with one attached hydrogen (secondary N) is 1. The lowest BCUT2D eigenvalue weighted by Crippen LogP contribution is -2.19. The van der Waals surface area contributed by atoms with Gasteiger partial charge in [0, 0.05) is 6.54 Å². The Balaban J connectivity index is 3.33. The molecule has 0 saturated carbocycles. The van der Waals surface area contributed by atoms with E-state index in [1.807, 2.05) is 0 Å². The van der Waals surface area contributed by atoms with Crippen molar-refractivity contribution in [3.05, 3.63) is 34.9 Å². The highest BCUT2D eigenvalue weighted by atomic mass is 19.4. The van der Waals surface area contributed by atoms with Gasteiger partial charge in [0.2, 0.25) is 0 Å². The minimum atomic E-state index is -4.91. The fourth-order valence-corrected chi connectivity index (χ4v) is 1.48. The van der Waals surface area contributed by atoms with Crippen LogP contribution in [0.2, 0.25) is 0 Å². The molecule has 2 N–H and O–H groups in total. The molecule has 0 bridgehead atoms. The molecule has 0 heterocycles. The van der Waals surface area contributed by atoms with E-state index >= 15 is 0 Å². The third kappa shape index (κ3) is 4.10. The maximum absolute atomic E-state index is 12.5. The zero-order valence-corrected chi connectivity index (χ0v) is 9.73. The Morgan fingerprint density at radius 1 is 1.00 bits per heavy atom. The number of hydrogen-bond acceptors (Lipinski definition) is 2. The van der Waals surface area contributed by atoms with Crippen LogP contribution in [0.15, 0.2) is 18.2 Å². The molecule has 8 heteroatoms. The monoisotopic (exact) mass is 287 g/mol. The predicted molar refractivity (Wildman–Crippen MR) is 55.3 cm³/mol. The number of likely N-dealkylation sites (N-methyl/N-ethyl adjacent to an activating group) is 1. The summed E-state index contributed by atoms with van der Waals surface area (Å²) >= 11 is 0. The smallest absolute Gasteiger partial charge is 0.387 e. The van der Waals surface area contributed by atoms with E-state index in [9.17, 15) is 31.4 Å². The van der Waals surface area contributed by atoms with Crippen LogP contribution in [0.4, 0.5) is 26.3 Å². The van der Waals surface area contributed by atoms with Crippen LogP contribution in [-0.4, -0.2) is 18.7 Å². The van der Waals surface area contributed by atoms with Crippen molar-refractivity contribution >= 4 is 0 Å². The molecule has 0 aliphatic rings. The molecular weight excluding hydrogens is 276 g/mol. The summed E-state index contributed by atoms with van der Waals surface area (Å²) in [6.07, 6.45) is -11.3. The molecule has 108 valence electrons. The summed E-state index contributed by atoms with van der Waals surface area (Å²) in [7, 11) is 1.42. The van der Waals surface area contributed by atoms with Gasteiger partial charge in [0.25, 0.3) is 0 Å². The van der Waals surface area contributed by atoms with Crippen LogP contribution in [0.1, 0.15) is 22.8 Å². The highest BCUT2D eigenvalue weighted by Gasteiger charge is 2.37. The van der Waals surface area contributed by atoms with E-state index in [4.69, 9.17) is 0 Å². The van der Waals surface area contributed by atoms with Gasteiger partial charge in [0.1, 0.15) is 0 Å². The molecule has 0 amide bonds. The predicted octanol–water partition coefficient (Wildman–Crippen LogP) is 2.98. The van der Waals surface area contributed by atoms with E-state index in [-0.39, 0.29) is 12.6 Å². The van der Waals surface area contributed by atoms with Crippen LogP contribution in [0.5, 0.6) is 0 Å². The summed E-state index contributed by atoms with van der Waals surface area (Å²) in [4.78, 5) is 0. The average Bonchev–Trinajstić information content (AvgIpc) is 2.26. The molecule has 0 aromatic heterocycles. The van der Waals surface area contributed by atoms with Crippen LogP contribution in [0.3, 0.4) is 0 Å². The second-order valence-electron chi connectivity index (χ2n) is 3.91. The minimum Gasteiger partial charge on any atom is -0.387 e. The van der Waals surface area contributed by atoms with Crippen molar-refractivity contribution in [1.29, 1.82) is 0 Å². The normalized spacial score (nSPS) is 14.5. The largest absolute Gasteiger partial charge is 0.416 e. The first-order valence-corrected chi connectivity index (χ1v) is 5.17. The molecule has 0 spiro atoms. The Bertz CT molecular complexity index is 408. The van der Waals surface area contributed by atoms with E-state index in [1.54, 1.807) is 0 Å². The first-order chi connectivity index (χ1) is 8.55. The quantitative estimate of drug-likeness (QED) is 0.838. The van der Waals surface area contributed by atoms with E-state index in [0.29, 0.717) is 12.1 Å². The van der Waals surface area contributed by atoms with Crippen LogP contribution in [0, 0.1) is 0 Å². The third-order valence-corrected chi connectivity index (χ3v) is 2.39. The van der Waals surface area contributed by atoms with Crippen molar-refractivity contribution in [2.45, 2.75) is 18.5 Å². The Morgan fingerprint density at radius 3 is 1.74 bits per heavy atom. The van der Waals surface area contributed by atoms with Gasteiger partial charge in [0.15, 0.2) is 0 Å². The number of benzene rings is 1. The molecule has 1 aromatic rings. The summed E-state index contributed by atoms with van der Waals surface area (Å²) < 4.78 is 75.1. The summed E-state index contributed by atoms with van der Waals surface area (Å²) in [5.74, 6) is 0. The number of alkyl halides is 6. The van der Waals surface area contributed by atoms with Crippen molar-refractivity contribution in [3.63, 3.8) is 0 Å². The number of hydrogen-bond donors (Lipinski definition) is 2. The lowest BCUT2D eigenvalue weighted by atomic mass is 10.0. The van der Waals surface area contributed by atoms with E-state index < -0.39 is 35.1 Å². The van der Waals surface area contributed by atoms with Gasteiger partial charge in [-0.3, -0.25) is 0 Å². The number of halogens is 6. The molecular formula is C11H11F6NO. The van der Waals surface area contributed by atoms with Gasteiger partial charge in [-0.05, 0) is 30.8 Å². The third-order valence-electron chi connectivity index (χ3n) is 2.39. The van der Waals surface area contributed by atoms with Crippen LogP contribution >= 0.6 is 0 Å². The Kier molecular flexibility index (Phi) is 4.46. The SMILES string of the molecule is CNCC(O)c1cc(C(F)(F)F)cc(C(F)(F)F)c1. The summed E-state index contributed by atoms with van der Waals surface area (Å²) in [5, 5.41) is 12.0. The molecule has 0 aliphatic carbocycles. The van der Waals surface area contributed by atoms with Gasteiger partial charge in [-0.1, -0.05) is 0 Å². The van der Waals surface area contributed by atoms with Crippen molar-refractivity contribution in [2.75, 3.05) is 13.6 Å². The highest BCUT2D eigenvalue weighted by molar-refractivity contribution is 5.34. The first kappa shape index (κ1) is 15.8. The van der Waals surface area contributed by atoms with Crippen LogP contribution in [0.25, 0.3) is 0 Å². The first-order valence-electron chi connectivity index (χ1n) is 5.17. The number of aliphatic hydroxyl groups excluding tert-OH is 1.